The van der Waals surface area contributed by atoms with Crippen LogP contribution >= 0.6 is 0 Å². The zero-order valence-electron chi connectivity index (χ0n) is 18.3. The van der Waals surface area contributed by atoms with E-state index in [9.17, 15) is 4.79 Å². The first-order valence-electron chi connectivity index (χ1n) is 10.9. The predicted octanol–water partition coefficient (Wildman–Crippen LogP) is 3.85. The standard InChI is InChI=1S/C23H27N5O4.2H2/c1-3-32-20-16-7-9-24-19(16)26-22(27-20)25-17-6-5-15(11-18(17)30-2)21(29)28-10-4-8-23(12-28)13-31-14-23;;/h5-7,9,11H,3-4,8,10,12-14H2,1-2H3,(H2,24,25,26,27);2*1H. The molecule has 9 nitrogen and oxygen atoms in total. The van der Waals surface area contributed by atoms with Gasteiger partial charge in [0.1, 0.15) is 11.4 Å². The Morgan fingerprint density at radius 2 is 2.22 bits per heavy atom. The van der Waals surface area contributed by atoms with E-state index in [1.54, 1.807) is 19.4 Å². The van der Waals surface area contributed by atoms with Gasteiger partial charge in [0.05, 0.1) is 38.0 Å². The molecule has 2 aromatic heterocycles. The Hall–Kier alpha value is -3.33. The van der Waals surface area contributed by atoms with E-state index in [0.717, 1.165) is 44.5 Å². The molecule has 0 bridgehead atoms. The molecule has 2 N–H and O–H groups in total. The van der Waals surface area contributed by atoms with Crippen LogP contribution in [0.1, 0.15) is 33.0 Å². The van der Waals surface area contributed by atoms with E-state index < -0.39 is 0 Å². The summed E-state index contributed by atoms with van der Waals surface area (Å²) < 4.78 is 16.6. The smallest absolute Gasteiger partial charge is 0.254 e. The lowest BCUT2D eigenvalue weighted by atomic mass is 9.78. The fourth-order valence-corrected chi connectivity index (χ4v) is 4.45. The normalized spacial score (nSPS) is 17.2. The number of hydrogen-bond acceptors (Lipinski definition) is 7. The Morgan fingerprint density at radius 3 is 2.97 bits per heavy atom. The molecule has 0 radical (unpaired) electrons. The number of rotatable bonds is 6. The van der Waals surface area contributed by atoms with Gasteiger partial charge >= 0.3 is 0 Å². The Kier molecular flexibility index (Phi) is 5.34. The van der Waals surface area contributed by atoms with Gasteiger partial charge in [-0.25, -0.2) is 0 Å². The first-order valence-corrected chi connectivity index (χ1v) is 10.9. The summed E-state index contributed by atoms with van der Waals surface area (Å²) in [5, 5.41) is 4.01. The number of nitrogens with one attached hydrogen (secondary N) is 2. The van der Waals surface area contributed by atoms with Gasteiger partial charge in [-0.2, -0.15) is 9.97 Å². The minimum Gasteiger partial charge on any atom is -0.495 e. The van der Waals surface area contributed by atoms with E-state index >= 15 is 0 Å². The second kappa shape index (κ2) is 8.31. The Bertz CT molecular complexity index is 1150. The highest BCUT2D eigenvalue weighted by Gasteiger charge is 2.43. The van der Waals surface area contributed by atoms with Crippen LogP contribution in [0.3, 0.4) is 0 Å². The molecule has 2 aliphatic heterocycles. The van der Waals surface area contributed by atoms with Gasteiger partial charge in [0.25, 0.3) is 5.91 Å². The molecular weight excluding hydrogens is 410 g/mol. The van der Waals surface area contributed by atoms with E-state index in [1.165, 1.54) is 0 Å². The summed E-state index contributed by atoms with van der Waals surface area (Å²) >= 11 is 0. The number of benzene rings is 1. The third-order valence-electron chi connectivity index (χ3n) is 6.12. The average Bonchev–Trinajstić information content (AvgIpc) is 3.27. The SMILES string of the molecule is CCOc1nc(Nc2ccc(C(=O)N3CCCC4(COC4)C3)cc2OC)nc2[nH]ccc12.[HH].[HH]. The number of amides is 1. The number of H-pyrrole nitrogens is 1. The van der Waals surface area contributed by atoms with E-state index in [2.05, 4.69) is 20.3 Å². The summed E-state index contributed by atoms with van der Waals surface area (Å²) in [5.74, 6) is 1.45. The van der Waals surface area contributed by atoms with Crippen LogP contribution in [0.25, 0.3) is 11.0 Å². The summed E-state index contributed by atoms with van der Waals surface area (Å²) in [5.41, 5.74) is 2.09. The molecule has 0 aliphatic carbocycles. The third-order valence-corrected chi connectivity index (χ3v) is 6.12. The maximum atomic E-state index is 13.2. The highest BCUT2D eigenvalue weighted by atomic mass is 16.5. The van der Waals surface area contributed by atoms with Crippen LogP contribution in [0.5, 0.6) is 11.6 Å². The largest absolute Gasteiger partial charge is 0.495 e. The minimum absolute atomic E-state index is 0. The maximum Gasteiger partial charge on any atom is 0.254 e. The molecule has 2 fully saturated rings. The predicted molar refractivity (Wildman–Crippen MR) is 124 cm³/mol. The minimum atomic E-state index is 0. The Balaban J connectivity index is 0.00000162. The highest BCUT2D eigenvalue weighted by Crippen LogP contribution is 2.38. The van der Waals surface area contributed by atoms with Crippen molar-refractivity contribution in [3.05, 3.63) is 36.0 Å². The molecule has 5 rings (SSSR count). The lowest BCUT2D eigenvalue weighted by molar-refractivity contribution is -0.138. The lowest BCUT2D eigenvalue weighted by Gasteiger charge is -2.48. The molecule has 0 atom stereocenters. The van der Waals surface area contributed by atoms with Gasteiger partial charge in [0.15, 0.2) is 0 Å². The van der Waals surface area contributed by atoms with Crippen molar-refractivity contribution in [1.29, 1.82) is 0 Å². The number of nitrogens with zero attached hydrogens (tertiary/aromatic N) is 3. The molecule has 2 saturated heterocycles. The fraction of sp³-hybridized carbons (Fsp3) is 0.435. The number of piperidine rings is 1. The van der Waals surface area contributed by atoms with Gasteiger partial charge in [-0.1, -0.05) is 0 Å². The van der Waals surface area contributed by atoms with Gasteiger partial charge in [-0.15, -0.1) is 0 Å². The highest BCUT2D eigenvalue weighted by molar-refractivity contribution is 5.95. The Labute approximate surface area is 189 Å². The van der Waals surface area contributed by atoms with Crippen molar-refractivity contribution in [2.75, 3.05) is 45.3 Å². The molecular formula is C23H31N5O4. The number of fused-ring (bicyclic) bond motifs is 1. The first kappa shape index (κ1) is 20.6. The zero-order chi connectivity index (χ0) is 22.1. The monoisotopic (exact) mass is 441 g/mol. The molecule has 2 aliphatic rings. The number of likely N-dealkylation sites (tertiary alicyclic amines) is 1. The summed E-state index contributed by atoms with van der Waals surface area (Å²) in [7, 11) is 1.58. The third kappa shape index (κ3) is 3.73. The summed E-state index contributed by atoms with van der Waals surface area (Å²) in [6.45, 7) is 5.43. The summed E-state index contributed by atoms with van der Waals surface area (Å²) in [6, 6.07) is 7.27. The maximum absolute atomic E-state index is 13.2. The van der Waals surface area contributed by atoms with Crippen LogP contribution in [0.15, 0.2) is 30.5 Å². The molecule has 0 unspecified atom stereocenters. The number of anilines is 2. The van der Waals surface area contributed by atoms with Gasteiger partial charge in [-0.3, -0.25) is 4.79 Å². The van der Waals surface area contributed by atoms with E-state index in [-0.39, 0.29) is 14.2 Å². The molecule has 1 aromatic carbocycles. The van der Waals surface area contributed by atoms with Crippen LogP contribution in [-0.4, -0.2) is 65.8 Å². The Morgan fingerprint density at radius 1 is 1.34 bits per heavy atom. The number of carbonyl (C=O) groups is 1. The first-order chi connectivity index (χ1) is 15.6. The molecule has 1 amide bonds. The number of hydrogen-bond donors (Lipinski definition) is 2. The van der Waals surface area contributed by atoms with E-state index in [4.69, 9.17) is 14.2 Å². The van der Waals surface area contributed by atoms with Gasteiger partial charge in [-0.05, 0) is 44.0 Å². The second-order valence-electron chi connectivity index (χ2n) is 8.39. The fourth-order valence-electron chi connectivity index (χ4n) is 4.45. The van der Waals surface area contributed by atoms with Crippen molar-refractivity contribution >= 4 is 28.6 Å². The van der Waals surface area contributed by atoms with Crippen LogP contribution < -0.4 is 14.8 Å². The molecule has 3 aromatic rings. The van der Waals surface area contributed by atoms with E-state index in [0.29, 0.717) is 41.1 Å². The van der Waals surface area contributed by atoms with Crippen molar-refractivity contribution in [3.8, 4) is 11.6 Å². The van der Waals surface area contributed by atoms with Gasteiger partial charge in [0.2, 0.25) is 11.8 Å². The zero-order valence-corrected chi connectivity index (χ0v) is 18.3. The molecule has 1 spiro atoms. The number of ether oxygens (including phenoxy) is 3. The van der Waals surface area contributed by atoms with Crippen molar-refractivity contribution in [2.45, 2.75) is 19.8 Å². The topological polar surface area (TPSA) is 102 Å². The van der Waals surface area contributed by atoms with Gasteiger partial charge in [0, 0.05) is 33.1 Å². The number of carbonyl (C=O) groups excluding carboxylic acids is 1. The van der Waals surface area contributed by atoms with Gasteiger partial charge < -0.3 is 29.4 Å². The molecule has 172 valence electrons. The van der Waals surface area contributed by atoms with E-state index in [1.807, 2.05) is 30.0 Å². The van der Waals surface area contributed by atoms with Crippen molar-refractivity contribution in [1.82, 2.24) is 19.9 Å². The molecule has 9 heteroatoms. The van der Waals surface area contributed by atoms with Crippen molar-refractivity contribution < 1.29 is 21.9 Å². The molecule has 32 heavy (non-hydrogen) atoms. The van der Waals surface area contributed by atoms with Crippen molar-refractivity contribution in [3.63, 3.8) is 0 Å². The molecule has 0 saturated carbocycles. The lowest BCUT2D eigenvalue weighted by Crippen LogP contribution is -2.55. The number of methoxy groups -OCH3 is 1. The summed E-state index contributed by atoms with van der Waals surface area (Å²) in [4.78, 5) is 27.2. The average molecular weight is 442 g/mol. The summed E-state index contributed by atoms with van der Waals surface area (Å²) in [6.07, 6.45) is 3.93. The van der Waals surface area contributed by atoms with Crippen molar-refractivity contribution in [2.24, 2.45) is 5.41 Å². The number of aromatic nitrogens is 3. The van der Waals surface area contributed by atoms with Crippen LogP contribution in [0.4, 0.5) is 11.6 Å². The quantitative estimate of drug-likeness (QED) is 0.599. The van der Waals surface area contributed by atoms with Crippen LogP contribution in [0, 0.1) is 5.41 Å². The van der Waals surface area contributed by atoms with Crippen LogP contribution in [0.2, 0.25) is 0 Å². The molecule has 4 heterocycles. The number of aromatic amines is 1. The second-order valence-corrected chi connectivity index (χ2v) is 8.39. The van der Waals surface area contributed by atoms with Crippen LogP contribution in [-0.2, 0) is 4.74 Å².